The highest BCUT2D eigenvalue weighted by molar-refractivity contribution is 6.25. The first-order valence-corrected chi connectivity index (χ1v) is 11.7. The molecule has 3 heterocycles. The molecule has 1 aliphatic heterocycles. The van der Waals surface area contributed by atoms with Gasteiger partial charge in [0.2, 0.25) is 0 Å². The van der Waals surface area contributed by atoms with Crippen LogP contribution in [0.25, 0.3) is 16.9 Å². The zero-order valence-corrected chi connectivity index (χ0v) is 19.2. The lowest BCUT2D eigenvalue weighted by atomic mass is 10.1. The van der Waals surface area contributed by atoms with Crippen molar-refractivity contribution in [2.45, 2.75) is 19.3 Å². The molecule has 5 rings (SSSR count). The highest BCUT2D eigenvalue weighted by Gasteiger charge is 2.15. The first-order valence-electron chi connectivity index (χ1n) is 11.3. The molecule has 168 valence electrons. The second kappa shape index (κ2) is 9.55. The zero-order valence-electron chi connectivity index (χ0n) is 18.5. The van der Waals surface area contributed by atoms with Crippen LogP contribution in [0.4, 0.5) is 22.9 Å². The van der Waals surface area contributed by atoms with Crippen molar-refractivity contribution in [3.63, 3.8) is 0 Å². The number of nitrogens with one attached hydrogen (secondary N) is 1. The van der Waals surface area contributed by atoms with Crippen molar-refractivity contribution in [1.82, 2.24) is 14.4 Å². The monoisotopic (exact) mass is 458 g/mol. The van der Waals surface area contributed by atoms with E-state index in [0.29, 0.717) is 12.4 Å². The molecule has 1 N–H and O–H groups in total. The highest BCUT2D eigenvalue weighted by Crippen LogP contribution is 2.30. The fourth-order valence-electron chi connectivity index (χ4n) is 4.26. The van der Waals surface area contributed by atoms with Gasteiger partial charge in [-0.25, -0.2) is 9.97 Å². The Hall–Kier alpha value is -3.51. The maximum Gasteiger partial charge on any atom is 0.180 e. The van der Waals surface area contributed by atoms with Crippen molar-refractivity contribution in [3.8, 4) is 11.3 Å². The average molecular weight is 459 g/mol. The van der Waals surface area contributed by atoms with Gasteiger partial charge in [-0.3, -0.25) is 8.82 Å². The molecule has 1 saturated heterocycles. The van der Waals surface area contributed by atoms with E-state index in [-0.39, 0.29) is 0 Å². The quantitative estimate of drug-likeness (QED) is 0.249. The molecule has 2 aromatic carbocycles. The molecule has 0 saturated carbocycles. The van der Waals surface area contributed by atoms with E-state index in [4.69, 9.17) is 16.8 Å². The molecule has 0 spiro atoms. The molecular weight excluding hydrogens is 432 g/mol. The summed E-state index contributed by atoms with van der Waals surface area (Å²) in [5.74, 6) is 0.698. The molecule has 0 unspecified atom stereocenters. The number of hydrogen-bond donors (Lipinski definition) is 1. The SMILES string of the molecule is C=CCCN(Cl)c1cccc(Nc2nccn3c(-c4cccc(N5CCCC5)c4)cnc23)c1. The molecule has 0 bridgehead atoms. The molecule has 1 fully saturated rings. The van der Waals surface area contributed by atoms with Gasteiger partial charge in [-0.1, -0.05) is 24.3 Å². The second-order valence-corrected chi connectivity index (χ2v) is 8.60. The lowest BCUT2D eigenvalue weighted by molar-refractivity contribution is 0.949. The van der Waals surface area contributed by atoms with Gasteiger partial charge in [0.05, 0.1) is 17.6 Å². The summed E-state index contributed by atoms with van der Waals surface area (Å²) in [5.41, 5.74) is 6.05. The Morgan fingerprint density at radius 1 is 1.09 bits per heavy atom. The van der Waals surface area contributed by atoms with E-state index in [0.717, 1.165) is 47.8 Å². The average Bonchev–Trinajstić information content (AvgIpc) is 3.54. The Morgan fingerprint density at radius 3 is 2.79 bits per heavy atom. The summed E-state index contributed by atoms with van der Waals surface area (Å²) in [4.78, 5) is 11.7. The van der Waals surface area contributed by atoms with Crippen LogP contribution in [0.15, 0.2) is 79.8 Å². The Balaban J connectivity index is 1.43. The van der Waals surface area contributed by atoms with Crippen molar-refractivity contribution in [3.05, 3.63) is 79.8 Å². The van der Waals surface area contributed by atoms with Crippen molar-refractivity contribution in [1.29, 1.82) is 0 Å². The normalized spacial score (nSPS) is 13.4. The topological polar surface area (TPSA) is 48.7 Å². The third-order valence-electron chi connectivity index (χ3n) is 5.96. The smallest absolute Gasteiger partial charge is 0.180 e. The minimum atomic E-state index is 0.697. The zero-order chi connectivity index (χ0) is 22.6. The third kappa shape index (κ3) is 4.52. The molecule has 6 nitrogen and oxygen atoms in total. The van der Waals surface area contributed by atoms with Crippen molar-refractivity contribution >= 4 is 40.3 Å². The summed E-state index contributed by atoms with van der Waals surface area (Å²) in [6.07, 6.45) is 10.9. The Morgan fingerprint density at radius 2 is 1.94 bits per heavy atom. The van der Waals surface area contributed by atoms with Gasteiger partial charge in [0.1, 0.15) is 0 Å². The van der Waals surface area contributed by atoms with Crippen LogP contribution < -0.4 is 14.6 Å². The summed E-state index contributed by atoms with van der Waals surface area (Å²) in [5, 5.41) is 3.41. The molecule has 7 heteroatoms. The predicted octanol–water partition coefficient (Wildman–Crippen LogP) is 6.28. The van der Waals surface area contributed by atoms with Crippen molar-refractivity contribution in [2.24, 2.45) is 0 Å². The van der Waals surface area contributed by atoms with Crippen LogP contribution >= 0.6 is 11.8 Å². The second-order valence-electron chi connectivity index (χ2n) is 8.20. The number of nitrogens with zero attached hydrogens (tertiary/aromatic N) is 5. The van der Waals surface area contributed by atoms with Gasteiger partial charge in [-0.2, -0.15) is 0 Å². The summed E-state index contributed by atoms with van der Waals surface area (Å²) in [6, 6.07) is 16.7. The van der Waals surface area contributed by atoms with Gasteiger partial charge in [0.15, 0.2) is 11.5 Å². The number of anilines is 4. The van der Waals surface area contributed by atoms with Crippen LogP contribution in [0.5, 0.6) is 0 Å². The first kappa shape index (κ1) is 21.3. The summed E-state index contributed by atoms with van der Waals surface area (Å²) in [7, 11) is 0. The van der Waals surface area contributed by atoms with Crippen molar-refractivity contribution in [2.75, 3.05) is 34.3 Å². The Bertz CT molecular complexity index is 1260. The number of aromatic nitrogens is 3. The highest BCUT2D eigenvalue weighted by atomic mass is 35.5. The van der Waals surface area contributed by atoms with E-state index in [1.807, 2.05) is 42.7 Å². The van der Waals surface area contributed by atoms with Crippen LogP contribution in [0, 0.1) is 0 Å². The van der Waals surface area contributed by atoms with E-state index in [1.165, 1.54) is 18.5 Å². The molecule has 2 aromatic heterocycles. The first-order chi connectivity index (χ1) is 16.2. The summed E-state index contributed by atoms with van der Waals surface area (Å²) < 4.78 is 3.78. The van der Waals surface area contributed by atoms with Gasteiger partial charge in [0, 0.05) is 60.7 Å². The Labute approximate surface area is 199 Å². The maximum absolute atomic E-state index is 6.41. The summed E-state index contributed by atoms with van der Waals surface area (Å²) in [6.45, 7) is 6.71. The molecule has 0 radical (unpaired) electrons. The van der Waals surface area contributed by atoms with E-state index >= 15 is 0 Å². The molecule has 33 heavy (non-hydrogen) atoms. The number of imidazole rings is 1. The lowest BCUT2D eigenvalue weighted by Gasteiger charge is -2.18. The fourth-order valence-corrected chi connectivity index (χ4v) is 4.47. The van der Waals surface area contributed by atoms with Crippen molar-refractivity contribution < 1.29 is 0 Å². The van der Waals surface area contributed by atoms with Gasteiger partial charge in [0.25, 0.3) is 0 Å². The lowest BCUT2D eigenvalue weighted by Crippen LogP contribution is -2.17. The number of benzene rings is 2. The van der Waals surface area contributed by atoms with E-state index < -0.39 is 0 Å². The standard InChI is InChI=1S/C26H27ClN6/c1-2-3-15-33(27)23-11-7-9-21(18-23)30-25-26-29-19-24(32(26)16-12-28-25)20-8-6-10-22(17-20)31-13-4-5-14-31/h2,6-12,16-19H,1,3-5,13-15H2,(H,28,30). The largest absolute Gasteiger partial charge is 0.372 e. The molecular formula is C26H27ClN6. The minimum Gasteiger partial charge on any atom is -0.372 e. The molecule has 0 atom stereocenters. The number of halogens is 1. The van der Waals surface area contributed by atoms with E-state index in [2.05, 4.69) is 50.4 Å². The third-order valence-corrected chi connectivity index (χ3v) is 6.32. The number of rotatable bonds is 8. The molecule has 4 aromatic rings. The number of hydrogen-bond acceptors (Lipinski definition) is 5. The van der Waals surface area contributed by atoms with E-state index in [9.17, 15) is 0 Å². The van der Waals surface area contributed by atoms with Crippen LogP contribution in [0.3, 0.4) is 0 Å². The van der Waals surface area contributed by atoms with Gasteiger partial charge < -0.3 is 10.2 Å². The molecule has 0 aliphatic carbocycles. The molecule has 1 aliphatic rings. The maximum atomic E-state index is 6.41. The van der Waals surface area contributed by atoms with Crippen LogP contribution in [-0.2, 0) is 0 Å². The number of fused-ring (bicyclic) bond motifs is 1. The van der Waals surface area contributed by atoms with Gasteiger partial charge in [-0.05, 0) is 49.6 Å². The summed E-state index contributed by atoms with van der Waals surface area (Å²) >= 11 is 6.41. The van der Waals surface area contributed by atoms with Crippen LogP contribution in [0.1, 0.15) is 19.3 Å². The van der Waals surface area contributed by atoms with E-state index in [1.54, 1.807) is 10.6 Å². The van der Waals surface area contributed by atoms with Gasteiger partial charge >= 0.3 is 0 Å². The Kier molecular flexibility index (Phi) is 6.17. The fraction of sp³-hybridized carbons (Fsp3) is 0.231. The minimum absolute atomic E-state index is 0.697. The van der Waals surface area contributed by atoms with Crippen LogP contribution in [0.2, 0.25) is 0 Å². The molecule has 0 amide bonds. The predicted molar refractivity (Wildman–Crippen MR) is 138 cm³/mol. The van der Waals surface area contributed by atoms with Gasteiger partial charge in [-0.15, -0.1) is 6.58 Å². The van der Waals surface area contributed by atoms with Crippen LogP contribution in [-0.4, -0.2) is 34.0 Å².